The molecule has 4 aromatic rings. The number of nitrogens with one attached hydrogen (secondary N) is 1. The number of nitrogens with zero attached hydrogens (tertiary/aromatic N) is 2. The fourth-order valence-electron chi connectivity index (χ4n) is 4.41. The van der Waals surface area contributed by atoms with E-state index < -0.39 is 23.8 Å². The Hall–Kier alpha value is -5.18. The van der Waals surface area contributed by atoms with Crippen LogP contribution in [0.3, 0.4) is 0 Å². The summed E-state index contributed by atoms with van der Waals surface area (Å²) >= 11 is 0. The summed E-state index contributed by atoms with van der Waals surface area (Å²) in [6.07, 6.45) is 3.32. The number of ether oxygens (including phenoxy) is 2. The van der Waals surface area contributed by atoms with E-state index >= 15 is 0 Å². The summed E-state index contributed by atoms with van der Waals surface area (Å²) in [5.74, 6) is -1.36. The highest BCUT2D eigenvalue weighted by Gasteiger charge is 2.37. The average Bonchev–Trinajstić information content (AvgIpc) is 3.28. The number of hydrogen-bond donors (Lipinski definition) is 1. The molecule has 1 aliphatic heterocycles. The minimum atomic E-state index is -0.824. The number of imide groups is 2. The van der Waals surface area contributed by atoms with Gasteiger partial charge in [0.05, 0.1) is 25.5 Å². The fourth-order valence-corrected chi connectivity index (χ4v) is 4.41. The highest BCUT2D eigenvalue weighted by atomic mass is 16.5. The molecule has 1 saturated heterocycles. The number of rotatable bonds is 6. The monoisotopic (exact) mass is 509 g/mol. The van der Waals surface area contributed by atoms with Crippen molar-refractivity contribution in [1.82, 2.24) is 9.88 Å². The number of benzene rings is 3. The molecule has 0 atom stereocenters. The first-order valence-corrected chi connectivity index (χ1v) is 11.7. The zero-order valence-corrected chi connectivity index (χ0v) is 20.6. The van der Waals surface area contributed by atoms with Crippen LogP contribution in [0.4, 0.5) is 10.5 Å². The Morgan fingerprint density at radius 1 is 0.947 bits per heavy atom. The van der Waals surface area contributed by atoms with Crippen molar-refractivity contribution >= 4 is 46.5 Å². The van der Waals surface area contributed by atoms with Crippen LogP contribution in [0, 0.1) is 0 Å². The van der Waals surface area contributed by atoms with Gasteiger partial charge >= 0.3 is 12.0 Å². The number of para-hydroxylation sites is 1. The van der Waals surface area contributed by atoms with Crippen molar-refractivity contribution in [3.63, 3.8) is 0 Å². The lowest BCUT2D eigenvalue weighted by molar-refractivity contribution is -0.122. The van der Waals surface area contributed by atoms with Crippen LogP contribution in [-0.2, 0) is 20.9 Å². The number of fused-ring (bicyclic) bond motifs is 1. The maximum Gasteiger partial charge on any atom is 0.337 e. The molecule has 0 spiro atoms. The van der Waals surface area contributed by atoms with Crippen LogP contribution in [0.25, 0.3) is 17.0 Å². The van der Waals surface area contributed by atoms with Gasteiger partial charge in [-0.1, -0.05) is 30.3 Å². The Kier molecular flexibility index (Phi) is 6.49. The van der Waals surface area contributed by atoms with Gasteiger partial charge < -0.3 is 14.0 Å². The third-order valence-electron chi connectivity index (χ3n) is 6.25. The molecule has 1 N–H and O–H groups in total. The number of methoxy groups -OCH3 is 2. The van der Waals surface area contributed by atoms with E-state index in [0.29, 0.717) is 29.1 Å². The molecule has 0 bridgehead atoms. The Morgan fingerprint density at radius 2 is 1.71 bits per heavy atom. The summed E-state index contributed by atoms with van der Waals surface area (Å²) in [6, 6.07) is 20.3. The van der Waals surface area contributed by atoms with Gasteiger partial charge in [0.15, 0.2) is 0 Å². The first-order valence-electron chi connectivity index (χ1n) is 11.7. The van der Waals surface area contributed by atoms with Gasteiger partial charge in [0, 0.05) is 29.2 Å². The average molecular weight is 510 g/mol. The van der Waals surface area contributed by atoms with Gasteiger partial charge in [0.2, 0.25) is 0 Å². The molecule has 9 heteroatoms. The molecular weight excluding hydrogens is 486 g/mol. The van der Waals surface area contributed by atoms with Gasteiger partial charge in [-0.05, 0) is 54.1 Å². The van der Waals surface area contributed by atoms with Crippen molar-refractivity contribution in [3.8, 4) is 5.75 Å². The molecule has 0 aliphatic carbocycles. The van der Waals surface area contributed by atoms with E-state index in [0.717, 1.165) is 21.4 Å². The molecular formula is C29H23N3O6. The van der Waals surface area contributed by atoms with E-state index in [1.165, 1.54) is 20.3 Å². The van der Waals surface area contributed by atoms with Gasteiger partial charge in [0.25, 0.3) is 11.8 Å². The number of hydrogen-bond acceptors (Lipinski definition) is 6. The molecule has 38 heavy (non-hydrogen) atoms. The van der Waals surface area contributed by atoms with Gasteiger partial charge in [0.1, 0.15) is 11.3 Å². The number of aromatic nitrogens is 1. The van der Waals surface area contributed by atoms with Crippen molar-refractivity contribution in [2.75, 3.05) is 19.1 Å². The molecule has 0 radical (unpaired) electrons. The van der Waals surface area contributed by atoms with E-state index in [2.05, 4.69) is 5.32 Å². The van der Waals surface area contributed by atoms with Gasteiger partial charge in [-0.25, -0.2) is 14.5 Å². The summed E-state index contributed by atoms with van der Waals surface area (Å²) in [5.41, 5.74) is 2.95. The van der Waals surface area contributed by atoms with Crippen molar-refractivity contribution in [3.05, 3.63) is 101 Å². The van der Waals surface area contributed by atoms with Gasteiger partial charge in [-0.15, -0.1) is 0 Å². The predicted molar refractivity (Wildman–Crippen MR) is 141 cm³/mol. The number of carbonyl (C=O) groups is 4. The highest BCUT2D eigenvalue weighted by Crippen LogP contribution is 2.28. The van der Waals surface area contributed by atoms with E-state index in [-0.39, 0.29) is 5.57 Å². The van der Waals surface area contributed by atoms with E-state index in [4.69, 9.17) is 9.47 Å². The molecule has 0 unspecified atom stereocenters. The van der Waals surface area contributed by atoms with Gasteiger partial charge in [-0.3, -0.25) is 14.9 Å². The molecule has 1 aliphatic rings. The summed E-state index contributed by atoms with van der Waals surface area (Å²) in [4.78, 5) is 51.5. The number of barbiturate groups is 1. The molecule has 0 saturated carbocycles. The smallest absolute Gasteiger partial charge is 0.337 e. The van der Waals surface area contributed by atoms with Crippen molar-refractivity contribution in [2.24, 2.45) is 0 Å². The van der Waals surface area contributed by atoms with E-state index in [1.54, 1.807) is 42.5 Å². The standard InChI is InChI=1S/C29H23N3O6/c1-37-22-12-10-21(11-13-22)32-27(34)24(26(33)30-29(32)36)15-20-17-31(25-9-4-3-8-23(20)25)16-18-6-5-7-19(14-18)28(35)38-2/h3-15,17H,16H2,1-2H3,(H,30,33,36)/b24-15+. The van der Waals surface area contributed by atoms with Crippen molar-refractivity contribution < 1.29 is 28.7 Å². The first-order chi connectivity index (χ1) is 18.4. The minimum Gasteiger partial charge on any atom is -0.497 e. The predicted octanol–water partition coefficient (Wildman–Crippen LogP) is 4.15. The summed E-state index contributed by atoms with van der Waals surface area (Å²) in [6.45, 7) is 0.436. The number of anilines is 1. The Balaban J connectivity index is 1.53. The molecule has 190 valence electrons. The Labute approximate surface area is 217 Å². The molecule has 1 fully saturated rings. The second-order valence-corrected chi connectivity index (χ2v) is 8.58. The second kappa shape index (κ2) is 10.1. The summed E-state index contributed by atoms with van der Waals surface area (Å²) in [7, 11) is 2.85. The quantitative estimate of drug-likeness (QED) is 0.238. The highest BCUT2D eigenvalue weighted by molar-refractivity contribution is 6.39. The first kappa shape index (κ1) is 24.5. The maximum atomic E-state index is 13.4. The molecule has 5 rings (SSSR count). The largest absolute Gasteiger partial charge is 0.497 e. The van der Waals surface area contributed by atoms with Crippen LogP contribution in [0.1, 0.15) is 21.5 Å². The minimum absolute atomic E-state index is 0.170. The lowest BCUT2D eigenvalue weighted by Crippen LogP contribution is -2.54. The van der Waals surface area contributed by atoms with Crippen LogP contribution in [0.15, 0.2) is 84.6 Å². The zero-order valence-electron chi connectivity index (χ0n) is 20.6. The van der Waals surface area contributed by atoms with Crippen LogP contribution in [0.2, 0.25) is 0 Å². The van der Waals surface area contributed by atoms with Crippen molar-refractivity contribution in [1.29, 1.82) is 0 Å². The SMILES string of the molecule is COC(=O)c1cccc(Cn2cc(/C=C3\C(=O)NC(=O)N(c4ccc(OC)cc4)C3=O)c3ccccc32)c1. The lowest BCUT2D eigenvalue weighted by atomic mass is 10.1. The molecule has 9 nitrogen and oxygen atoms in total. The lowest BCUT2D eigenvalue weighted by Gasteiger charge is -2.26. The van der Waals surface area contributed by atoms with Crippen LogP contribution >= 0.6 is 0 Å². The van der Waals surface area contributed by atoms with E-state index in [1.807, 2.05) is 41.1 Å². The fraction of sp³-hybridized carbons (Fsp3) is 0.103. The van der Waals surface area contributed by atoms with Crippen LogP contribution < -0.4 is 15.0 Å². The van der Waals surface area contributed by atoms with Gasteiger partial charge in [-0.2, -0.15) is 0 Å². The normalized spacial score (nSPS) is 14.6. The number of urea groups is 1. The number of carbonyl (C=O) groups excluding carboxylic acids is 4. The Bertz CT molecular complexity index is 1620. The molecule has 1 aromatic heterocycles. The Morgan fingerprint density at radius 3 is 2.45 bits per heavy atom. The second-order valence-electron chi connectivity index (χ2n) is 8.58. The third-order valence-corrected chi connectivity index (χ3v) is 6.25. The van der Waals surface area contributed by atoms with Crippen LogP contribution in [0.5, 0.6) is 5.75 Å². The summed E-state index contributed by atoms with van der Waals surface area (Å²) in [5, 5.41) is 3.07. The zero-order chi connectivity index (χ0) is 26.8. The van der Waals surface area contributed by atoms with Crippen LogP contribution in [-0.4, -0.2) is 42.6 Å². The summed E-state index contributed by atoms with van der Waals surface area (Å²) < 4.78 is 11.9. The number of esters is 1. The maximum absolute atomic E-state index is 13.4. The molecule has 4 amide bonds. The molecule has 2 heterocycles. The number of amides is 4. The third kappa shape index (κ3) is 4.53. The molecule has 3 aromatic carbocycles. The van der Waals surface area contributed by atoms with Crippen molar-refractivity contribution in [2.45, 2.75) is 6.54 Å². The van der Waals surface area contributed by atoms with E-state index in [9.17, 15) is 19.2 Å². The topological polar surface area (TPSA) is 107 Å².